The Bertz CT molecular complexity index is 1320. The smallest absolute Gasteiger partial charge is 0.269 e. The number of piperidine rings is 2. The van der Waals surface area contributed by atoms with Crippen LogP contribution in [-0.2, 0) is 21.5 Å². The molecule has 35 heavy (non-hydrogen) atoms. The summed E-state index contributed by atoms with van der Waals surface area (Å²) >= 11 is 0. The molecule has 1 spiro atoms. The van der Waals surface area contributed by atoms with Crippen molar-refractivity contribution in [1.29, 1.82) is 0 Å². The second-order valence-corrected chi connectivity index (χ2v) is 11.5. The van der Waals surface area contributed by atoms with E-state index in [9.17, 15) is 14.9 Å². The third-order valence-corrected chi connectivity index (χ3v) is 10.4. The van der Waals surface area contributed by atoms with Crippen LogP contribution in [0.3, 0.4) is 0 Å². The molecule has 3 saturated heterocycles. The molecule has 8 rings (SSSR count). The molecule has 6 aliphatic rings. The van der Waals surface area contributed by atoms with Gasteiger partial charge in [-0.1, -0.05) is 24.3 Å². The molecular formula is C28H28N3O4+. The third kappa shape index (κ3) is 2.36. The Morgan fingerprint density at radius 3 is 2.83 bits per heavy atom. The first kappa shape index (κ1) is 20.2. The van der Waals surface area contributed by atoms with E-state index in [2.05, 4.69) is 35.2 Å². The lowest BCUT2D eigenvalue weighted by Gasteiger charge is -2.60. The van der Waals surface area contributed by atoms with Gasteiger partial charge in [-0.25, -0.2) is 0 Å². The molecule has 178 valence electrons. The predicted molar refractivity (Wildman–Crippen MR) is 129 cm³/mol. The summed E-state index contributed by atoms with van der Waals surface area (Å²) in [6.07, 6.45) is 5.01. The Kier molecular flexibility index (Phi) is 3.80. The van der Waals surface area contributed by atoms with E-state index in [0.29, 0.717) is 30.9 Å². The minimum atomic E-state index is -0.329. The van der Waals surface area contributed by atoms with Gasteiger partial charge in [-0.05, 0) is 35.3 Å². The number of rotatable bonds is 3. The maximum Gasteiger partial charge on any atom is 0.269 e. The molecule has 2 aromatic rings. The van der Waals surface area contributed by atoms with E-state index in [0.717, 1.165) is 48.2 Å². The van der Waals surface area contributed by atoms with Gasteiger partial charge in [-0.2, -0.15) is 0 Å². The van der Waals surface area contributed by atoms with Crippen LogP contribution in [-0.4, -0.2) is 53.2 Å². The number of para-hydroxylation sites is 1. The van der Waals surface area contributed by atoms with Crippen molar-refractivity contribution in [3.05, 3.63) is 81.4 Å². The number of ether oxygens (including phenoxy) is 1. The molecule has 2 aromatic carbocycles. The normalized spacial score (nSPS) is 39.7. The lowest BCUT2D eigenvalue weighted by Crippen LogP contribution is -2.72. The number of carbonyl (C=O) groups excluding carboxylic acids is 1. The Balaban J connectivity index is 1.31. The second kappa shape index (κ2) is 6.59. The Morgan fingerprint density at radius 2 is 2.00 bits per heavy atom. The first-order valence-electron chi connectivity index (χ1n) is 12.8. The SMILES string of the molecule is O=C1C[C@H]2OCC=C3C[N+]4(Cc5ccc([N+](=O)[O-])cc5)CC[C@@]56c7ccccc7N1[C@@H]5[C@@H]2[C@@H]3C[C@@H]64. The van der Waals surface area contributed by atoms with E-state index in [1.54, 1.807) is 12.1 Å². The van der Waals surface area contributed by atoms with E-state index in [4.69, 9.17) is 4.74 Å². The summed E-state index contributed by atoms with van der Waals surface area (Å²) < 4.78 is 7.36. The van der Waals surface area contributed by atoms with Gasteiger partial charge in [-0.15, -0.1) is 0 Å². The molecule has 2 bridgehead atoms. The fraction of sp³-hybridized carbons (Fsp3) is 0.464. The average Bonchev–Trinajstić information content (AvgIpc) is 3.29. The summed E-state index contributed by atoms with van der Waals surface area (Å²) in [5, 5.41) is 11.2. The molecule has 0 radical (unpaired) electrons. The van der Waals surface area contributed by atoms with Gasteiger partial charge in [0.05, 0.1) is 42.1 Å². The topological polar surface area (TPSA) is 72.7 Å². The summed E-state index contributed by atoms with van der Waals surface area (Å²) in [5.41, 5.74) is 5.24. The van der Waals surface area contributed by atoms with Gasteiger partial charge >= 0.3 is 0 Å². The van der Waals surface area contributed by atoms with E-state index in [-0.39, 0.29) is 34.1 Å². The number of fused-ring (bicyclic) bond motifs is 2. The highest BCUT2D eigenvalue weighted by Gasteiger charge is 2.75. The highest BCUT2D eigenvalue weighted by Crippen LogP contribution is 2.67. The molecular weight excluding hydrogens is 442 g/mol. The number of nitro groups is 1. The highest BCUT2D eigenvalue weighted by atomic mass is 16.6. The van der Waals surface area contributed by atoms with Crippen LogP contribution in [0, 0.1) is 22.0 Å². The van der Waals surface area contributed by atoms with E-state index < -0.39 is 0 Å². The van der Waals surface area contributed by atoms with Crippen molar-refractivity contribution < 1.29 is 18.9 Å². The summed E-state index contributed by atoms with van der Waals surface area (Å²) in [7, 11) is 0. The predicted octanol–water partition coefficient (Wildman–Crippen LogP) is 3.72. The molecule has 1 unspecified atom stereocenters. The number of benzene rings is 2. The number of anilines is 1. The Hall–Kier alpha value is -3.03. The maximum absolute atomic E-state index is 13.6. The maximum atomic E-state index is 13.6. The lowest BCUT2D eigenvalue weighted by molar-refractivity contribution is -0.955. The summed E-state index contributed by atoms with van der Waals surface area (Å²) in [6, 6.07) is 16.4. The van der Waals surface area contributed by atoms with E-state index in [1.807, 2.05) is 12.1 Å². The van der Waals surface area contributed by atoms with Crippen molar-refractivity contribution in [2.75, 3.05) is 24.6 Å². The Morgan fingerprint density at radius 1 is 1.17 bits per heavy atom. The van der Waals surface area contributed by atoms with Crippen LogP contribution < -0.4 is 4.90 Å². The fourth-order valence-corrected chi connectivity index (χ4v) is 9.29. The monoisotopic (exact) mass is 470 g/mol. The van der Waals surface area contributed by atoms with Gasteiger partial charge in [0.1, 0.15) is 19.1 Å². The summed E-state index contributed by atoms with van der Waals surface area (Å²) in [5.74, 6) is 1.03. The first-order chi connectivity index (χ1) is 17.0. The molecule has 7 heteroatoms. The number of hydrogen-bond donors (Lipinski definition) is 0. The standard InChI is InChI=1S/C28H28N3O4/c32-25-14-23-26-20-13-24-28(21-3-1-2-4-22(21)29(25)27(26)28)10-11-31(24,16-18(20)9-12-35-23)15-17-5-7-19(8-6-17)30(33)34/h1-9,20,23-24,26-27H,10-16H2/q+1/t20-,23-,24+,26-,27-,28+,31?/m1/s1. The number of nitrogens with zero attached hydrogens (tertiary/aromatic N) is 3. The van der Waals surface area contributed by atoms with Crippen molar-refractivity contribution in [2.45, 2.75) is 49.4 Å². The molecule has 7 atom stereocenters. The van der Waals surface area contributed by atoms with Gasteiger partial charge in [0.25, 0.3) is 5.69 Å². The fourth-order valence-electron chi connectivity index (χ4n) is 9.29. The van der Waals surface area contributed by atoms with Crippen LogP contribution in [0.4, 0.5) is 11.4 Å². The number of quaternary nitrogens is 1. The first-order valence-corrected chi connectivity index (χ1v) is 12.8. The summed E-state index contributed by atoms with van der Waals surface area (Å²) in [4.78, 5) is 26.6. The molecule has 1 aliphatic carbocycles. The second-order valence-electron chi connectivity index (χ2n) is 11.5. The average molecular weight is 471 g/mol. The lowest BCUT2D eigenvalue weighted by atomic mass is 9.53. The molecule has 0 aromatic heterocycles. The molecule has 5 heterocycles. The van der Waals surface area contributed by atoms with Crippen molar-refractivity contribution in [1.82, 2.24) is 0 Å². The largest absolute Gasteiger partial charge is 0.373 e. The van der Waals surface area contributed by atoms with Crippen molar-refractivity contribution in [3.8, 4) is 0 Å². The molecule has 1 amide bonds. The number of amides is 1. The minimum Gasteiger partial charge on any atom is -0.373 e. The van der Waals surface area contributed by atoms with Gasteiger partial charge in [-0.3, -0.25) is 14.9 Å². The Labute approximate surface area is 203 Å². The number of hydrogen-bond acceptors (Lipinski definition) is 4. The zero-order chi connectivity index (χ0) is 23.5. The minimum absolute atomic E-state index is 0.00455. The molecule has 0 N–H and O–H groups in total. The molecule has 1 saturated carbocycles. The van der Waals surface area contributed by atoms with E-state index >= 15 is 0 Å². The van der Waals surface area contributed by atoms with Crippen molar-refractivity contribution in [3.63, 3.8) is 0 Å². The zero-order valence-electron chi connectivity index (χ0n) is 19.5. The van der Waals surface area contributed by atoms with E-state index in [1.165, 1.54) is 11.1 Å². The van der Waals surface area contributed by atoms with Crippen LogP contribution >= 0.6 is 0 Å². The third-order valence-electron chi connectivity index (χ3n) is 10.4. The van der Waals surface area contributed by atoms with Crippen LogP contribution in [0.5, 0.6) is 0 Å². The molecule has 5 aliphatic heterocycles. The van der Waals surface area contributed by atoms with Gasteiger partial charge in [0.15, 0.2) is 0 Å². The van der Waals surface area contributed by atoms with Gasteiger partial charge in [0, 0.05) is 42.1 Å². The zero-order valence-corrected chi connectivity index (χ0v) is 19.5. The van der Waals surface area contributed by atoms with Crippen molar-refractivity contribution in [2.24, 2.45) is 11.8 Å². The quantitative estimate of drug-likeness (QED) is 0.297. The number of non-ortho nitro benzene ring substituents is 1. The number of nitro benzene ring substituents is 1. The van der Waals surface area contributed by atoms with Crippen LogP contribution in [0.25, 0.3) is 0 Å². The van der Waals surface area contributed by atoms with Gasteiger partial charge < -0.3 is 14.1 Å². The highest BCUT2D eigenvalue weighted by molar-refractivity contribution is 5.99. The molecule has 7 nitrogen and oxygen atoms in total. The van der Waals surface area contributed by atoms with Crippen LogP contribution in [0.1, 0.15) is 30.4 Å². The number of carbonyl (C=O) groups is 1. The van der Waals surface area contributed by atoms with Crippen LogP contribution in [0.2, 0.25) is 0 Å². The van der Waals surface area contributed by atoms with Crippen LogP contribution in [0.15, 0.2) is 60.2 Å². The van der Waals surface area contributed by atoms with Crippen molar-refractivity contribution >= 4 is 17.3 Å². The van der Waals surface area contributed by atoms with Gasteiger partial charge in [0.2, 0.25) is 5.91 Å². The summed E-state index contributed by atoms with van der Waals surface area (Å²) in [6.45, 7) is 3.54. The molecule has 4 fully saturated rings.